The molecule has 1 aromatic carbocycles. The molecule has 0 bridgehead atoms. The number of aromatic nitrogens is 4. The fraction of sp³-hybridized carbons (Fsp3) is 0.409. The van der Waals surface area contributed by atoms with Gasteiger partial charge in [0, 0.05) is 18.2 Å². The number of likely N-dealkylation sites (N-methyl/N-ethyl adjacent to an activating group) is 1. The fourth-order valence-corrected chi connectivity index (χ4v) is 5.07. The van der Waals surface area contributed by atoms with Crippen LogP contribution >= 0.6 is 0 Å². The number of imidazole rings is 1. The van der Waals surface area contributed by atoms with Crippen LogP contribution < -0.4 is 10.0 Å². The monoisotopic (exact) mass is 509 g/mol. The summed E-state index contributed by atoms with van der Waals surface area (Å²) < 4.78 is 67.8. The average Bonchev–Trinajstić information content (AvgIpc) is 3.35. The van der Waals surface area contributed by atoms with Gasteiger partial charge in [0.1, 0.15) is 5.82 Å². The van der Waals surface area contributed by atoms with Gasteiger partial charge in [-0.3, -0.25) is 4.72 Å². The van der Waals surface area contributed by atoms with Crippen molar-refractivity contribution in [3.63, 3.8) is 0 Å². The molecule has 0 saturated carbocycles. The molecule has 0 radical (unpaired) electrons. The van der Waals surface area contributed by atoms with Crippen LogP contribution in [0.4, 0.5) is 24.7 Å². The van der Waals surface area contributed by atoms with Gasteiger partial charge in [-0.1, -0.05) is 13.0 Å². The first-order chi connectivity index (χ1) is 16.6. The number of benzene rings is 1. The SMILES string of the molecule is CCN1CCC[C@@H](Nc2cc(C)c(-c3ccc(C(F)(F)F)cc3NS(=O)(=O)c3cnc[nH]3)nn2)C1. The molecule has 35 heavy (non-hydrogen) atoms. The normalized spacial score (nSPS) is 17.3. The number of aromatic amines is 1. The number of nitrogens with zero attached hydrogens (tertiary/aromatic N) is 4. The Morgan fingerprint density at radius 2 is 2.03 bits per heavy atom. The fourth-order valence-electron chi connectivity index (χ4n) is 4.09. The maximum Gasteiger partial charge on any atom is 0.416 e. The Morgan fingerprint density at radius 1 is 1.23 bits per heavy atom. The molecule has 0 amide bonds. The van der Waals surface area contributed by atoms with Gasteiger partial charge in [0.2, 0.25) is 0 Å². The number of hydrogen-bond donors (Lipinski definition) is 3. The second-order valence-electron chi connectivity index (χ2n) is 8.42. The van der Waals surface area contributed by atoms with Crippen molar-refractivity contribution in [2.75, 3.05) is 29.7 Å². The smallest absolute Gasteiger partial charge is 0.365 e. The predicted molar refractivity (Wildman–Crippen MR) is 125 cm³/mol. The molecule has 3 heterocycles. The van der Waals surface area contributed by atoms with Crippen LogP contribution in [0.25, 0.3) is 11.3 Å². The van der Waals surface area contributed by atoms with Crippen LogP contribution in [0, 0.1) is 6.92 Å². The van der Waals surface area contributed by atoms with E-state index in [-0.39, 0.29) is 28.0 Å². The second-order valence-corrected chi connectivity index (χ2v) is 10.1. The Labute approximate surface area is 201 Å². The second kappa shape index (κ2) is 9.82. The number of nitrogens with one attached hydrogen (secondary N) is 3. The molecule has 0 aliphatic carbocycles. The first kappa shape index (κ1) is 24.9. The van der Waals surface area contributed by atoms with E-state index < -0.39 is 21.8 Å². The first-order valence-corrected chi connectivity index (χ1v) is 12.6. The van der Waals surface area contributed by atoms with Gasteiger partial charge in [-0.15, -0.1) is 10.2 Å². The van der Waals surface area contributed by atoms with Crippen LogP contribution in [0.15, 0.2) is 41.8 Å². The zero-order chi connectivity index (χ0) is 25.2. The summed E-state index contributed by atoms with van der Waals surface area (Å²) in [6.07, 6.45) is -0.368. The lowest BCUT2D eigenvalue weighted by molar-refractivity contribution is -0.137. The highest BCUT2D eigenvalue weighted by Crippen LogP contribution is 2.37. The number of sulfonamides is 1. The van der Waals surface area contributed by atoms with E-state index in [0.29, 0.717) is 11.4 Å². The zero-order valence-electron chi connectivity index (χ0n) is 19.2. The van der Waals surface area contributed by atoms with E-state index >= 15 is 0 Å². The van der Waals surface area contributed by atoms with E-state index in [4.69, 9.17) is 0 Å². The zero-order valence-corrected chi connectivity index (χ0v) is 20.0. The molecular weight excluding hydrogens is 483 g/mol. The lowest BCUT2D eigenvalue weighted by Crippen LogP contribution is -2.42. The largest absolute Gasteiger partial charge is 0.416 e. The summed E-state index contributed by atoms with van der Waals surface area (Å²) in [5.74, 6) is 0.556. The topological polar surface area (TPSA) is 116 Å². The molecule has 188 valence electrons. The molecule has 3 N–H and O–H groups in total. The van der Waals surface area contributed by atoms with Crippen LogP contribution in [0.5, 0.6) is 0 Å². The van der Waals surface area contributed by atoms with Crippen molar-refractivity contribution in [3.8, 4) is 11.3 Å². The summed E-state index contributed by atoms with van der Waals surface area (Å²) in [5.41, 5.74) is -0.186. The summed E-state index contributed by atoms with van der Waals surface area (Å²) in [5, 5.41) is 11.6. The van der Waals surface area contributed by atoms with E-state index in [9.17, 15) is 21.6 Å². The molecule has 1 atom stereocenters. The third-order valence-corrected chi connectivity index (χ3v) is 7.19. The van der Waals surface area contributed by atoms with Crippen LogP contribution in [-0.4, -0.2) is 59.2 Å². The van der Waals surface area contributed by atoms with Gasteiger partial charge in [-0.2, -0.15) is 21.6 Å². The molecule has 3 aromatic rings. The minimum Gasteiger partial charge on any atom is -0.365 e. The summed E-state index contributed by atoms with van der Waals surface area (Å²) >= 11 is 0. The lowest BCUT2D eigenvalue weighted by atomic mass is 10.0. The minimum atomic E-state index is -4.66. The molecule has 2 aromatic heterocycles. The number of piperidine rings is 1. The molecule has 9 nitrogen and oxygen atoms in total. The molecule has 1 aliphatic rings. The number of rotatable bonds is 7. The molecule has 1 fully saturated rings. The number of halogens is 3. The van der Waals surface area contributed by atoms with E-state index in [2.05, 4.69) is 42.0 Å². The van der Waals surface area contributed by atoms with E-state index in [0.717, 1.165) is 57.1 Å². The molecule has 0 unspecified atom stereocenters. The quantitative estimate of drug-likeness (QED) is 0.443. The van der Waals surface area contributed by atoms with Gasteiger partial charge < -0.3 is 15.2 Å². The number of aryl methyl sites for hydroxylation is 1. The molecule has 4 rings (SSSR count). The van der Waals surface area contributed by atoms with Gasteiger partial charge >= 0.3 is 6.18 Å². The molecule has 13 heteroatoms. The van der Waals surface area contributed by atoms with Crippen molar-refractivity contribution in [2.24, 2.45) is 0 Å². The van der Waals surface area contributed by atoms with Crippen molar-refractivity contribution in [1.29, 1.82) is 0 Å². The Hall–Kier alpha value is -3.19. The molecule has 1 aliphatic heterocycles. The van der Waals surface area contributed by atoms with Gasteiger partial charge in [0.25, 0.3) is 10.0 Å². The first-order valence-electron chi connectivity index (χ1n) is 11.1. The molecule has 1 saturated heterocycles. The van der Waals surface area contributed by atoms with Crippen LogP contribution in [0.3, 0.4) is 0 Å². The third-order valence-electron chi connectivity index (χ3n) is 5.90. The maximum absolute atomic E-state index is 13.4. The third kappa shape index (κ3) is 5.73. The Balaban J connectivity index is 1.66. The van der Waals surface area contributed by atoms with Crippen LogP contribution in [0.1, 0.15) is 30.9 Å². The number of likely N-dealkylation sites (tertiary alicyclic amines) is 1. The van der Waals surface area contributed by atoms with Crippen molar-refractivity contribution in [1.82, 2.24) is 25.1 Å². The Bertz CT molecular complexity index is 1280. The highest BCUT2D eigenvalue weighted by Gasteiger charge is 2.32. The number of hydrogen-bond acceptors (Lipinski definition) is 7. The predicted octanol–water partition coefficient (Wildman–Crippen LogP) is 3.89. The Morgan fingerprint density at radius 3 is 2.69 bits per heavy atom. The summed E-state index contributed by atoms with van der Waals surface area (Å²) in [6, 6.07) is 4.80. The van der Waals surface area contributed by atoms with Crippen molar-refractivity contribution in [3.05, 3.63) is 47.9 Å². The summed E-state index contributed by atoms with van der Waals surface area (Å²) in [6.45, 7) is 6.77. The van der Waals surface area contributed by atoms with Gasteiger partial charge in [0.15, 0.2) is 5.03 Å². The number of alkyl halides is 3. The maximum atomic E-state index is 13.4. The summed E-state index contributed by atoms with van der Waals surface area (Å²) in [7, 11) is -4.21. The van der Waals surface area contributed by atoms with Gasteiger partial charge in [0.05, 0.1) is 29.5 Å². The van der Waals surface area contributed by atoms with Crippen molar-refractivity contribution in [2.45, 2.75) is 43.9 Å². The van der Waals surface area contributed by atoms with Crippen LogP contribution in [-0.2, 0) is 16.2 Å². The Kier molecular flexibility index (Phi) is 6.99. The van der Waals surface area contributed by atoms with Gasteiger partial charge in [-0.25, -0.2) is 4.98 Å². The number of H-pyrrole nitrogens is 1. The van der Waals surface area contributed by atoms with Gasteiger partial charge in [-0.05, 0) is 56.6 Å². The average molecular weight is 510 g/mol. The van der Waals surface area contributed by atoms with Crippen LogP contribution in [0.2, 0.25) is 0 Å². The standard InChI is InChI=1S/C22H26F3N7O2S/c1-3-32-8-4-5-16(12-32)28-19-9-14(2)21(30-29-19)17-7-6-15(22(23,24)25)10-18(17)31-35(33,34)20-11-26-13-27-20/h6-7,9-11,13,16,31H,3-5,8,12H2,1-2H3,(H,26,27)(H,28,29)/t16-/m1/s1. The van der Waals surface area contributed by atoms with E-state index in [1.54, 1.807) is 13.0 Å². The summed E-state index contributed by atoms with van der Waals surface area (Å²) in [4.78, 5) is 8.45. The van der Waals surface area contributed by atoms with E-state index in [1.165, 1.54) is 6.07 Å². The van der Waals surface area contributed by atoms with E-state index in [1.807, 2.05) is 0 Å². The molecule has 0 spiro atoms. The lowest BCUT2D eigenvalue weighted by Gasteiger charge is -2.32. The highest BCUT2D eigenvalue weighted by atomic mass is 32.2. The minimum absolute atomic E-state index is 0.174. The number of anilines is 2. The highest BCUT2D eigenvalue weighted by molar-refractivity contribution is 7.92. The van der Waals surface area contributed by atoms with Crippen molar-refractivity contribution >= 4 is 21.5 Å². The molecular formula is C22H26F3N7O2S. The van der Waals surface area contributed by atoms with Crippen molar-refractivity contribution < 1.29 is 21.6 Å².